The first-order chi connectivity index (χ1) is 16.2. The Morgan fingerprint density at radius 3 is 2.43 bits per heavy atom. The molecule has 2 aromatic rings. The fourth-order valence-corrected chi connectivity index (χ4v) is 4.16. The van der Waals surface area contributed by atoms with E-state index in [1.54, 1.807) is 29.2 Å². The van der Waals surface area contributed by atoms with Crippen molar-refractivity contribution in [2.24, 2.45) is 0 Å². The van der Waals surface area contributed by atoms with Crippen molar-refractivity contribution in [1.29, 1.82) is 0 Å². The monoisotopic (exact) mass is 557 g/mol. The normalized spacial score (nSPS) is 18.9. The Morgan fingerprint density at radius 2 is 1.89 bits per heavy atom. The van der Waals surface area contributed by atoms with E-state index in [4.69, 9.17) is 9.47 Å². The maximum Gasteiger partial charge on any atom is 0.414 e. The number of pyridine rings is 1. The molecule has 0 saturated carbocycles. The first kappa shape index (κ1) is 27.3. The molecule has 1 N–H and O–H groups in total. The van der Waals surface area contributed by atoms with Crippen LogP contribution >= 0.6 is 15.9 Å². The van der Waals surface area contributed by atoms with Gasteiger partial charge in [-0.25, -0.2) is 4.79 Å². The Kier molecular flexibility index (Phi) is 8.06. The predicted octanol–water partition coefficient (Wildman–Crippen LogP) is 6.86. The highest BCUT2D eigenvalue weighted by atomic mass is 79.9. The molecular weight excluding hydrogens is 527 g/mol. The highest BCUT2D eigenvalue weighted by molar-refractivity contribution is 9.10. The van der Waals surface area contributed by atoms with Crippen molar-refractivity contribution in [2.75, 3.05) is 11.9 Å². The maximum absolute atomic E-state index is 13.7. The van der Waals surface area contributed by atoms with Crippen LogP contribution in [-0.2, 0) is 15.9 Å². The predicted molar refractivity (Wildman–Crippen MR) is 131 cm³/mol. The molecule has 192 valence electrons. The number of ether oxygens (including phenoxy) is 2. The van der Waals surface area contributed by atoms with Crippen LogP contribution in [0.3, 0.4) is 0 Å². The average Bonchev–Trinajstić information content (AvgIpc) is 3.04. The molecule has 6 nitrogen and oxygen atoms in total. The molecule has 2 atom stereocenters. The number of nitrogens with zero attached hydrogens (tertiary/aromatic N) is 2. The number of alkyl halides is 3. The molecule has 0 radical (unpaired) electrons. The van der Waals surface area contributed by atoms with Gasteiger partial charge in [-0.2, -0.15) is 13.2 Å². The van der Waals surface area contributed by atoms with Crippen molar-refractivity contribution in [1.82, 2.24) is 9.88 Å². The van der Waals surface area contributed by atoms with E-state index in [2.05, 4.69) is 26.2 Å². The second-order valence-corrected chi connectivity index (χ2v) is 10.9. The lowest BCUT2D eigenvalue weighted by Crippen LogP contribution is -2.49. The molecule has 3 rings (SSSR count). The molecule has 1 unspecified atom stereocenters. The molecule has 1 aromatic carbocycles. The van der Waals surface area contributed by atoms with Gasteiger partial charge >= 0.3 is 12.3 Å². The van der Waals surface area contributed by atoms with E-state index in [9.17, 15) is 18.0 Å². The van der Waals surface area contributed by atoms with E-state index < -0.39 is 29.6 Å². The van der Waals surface area contributed by atoms with Gasteiger partial charge in [0.2, 0.25) is 0 Å². The number of anilines is 1. The molecule has 1 aliphatic heterocycles. The third-order valence-corrected chi connectivity index (χ3v) is 6.04. The number of carbonyl (C=O) groups excluding carboxylic acids is 1. The summed E-state index contributed by atoms with van der Waals surface area (Å²) in [4.78, 5) is 18.3. The quantitative estimate of drug-likeness (QED) is 0.420. The van der Waals surface area contributed by atoms with Gasteiger partial charge in [0, 0.05) is 16.4 Å². The van der Waals surface area contributed by atoms with E-state index in [1.165, 1.54) is 18.3 Å². The van der Waals surface area contributed by atoms with Crippen LogP contribution in [0, 0.1) is 0 Å². The smallest absolute Gasteiger partial charge is 0.414 e. The number of rotatable bonds is 6. The fraction of sp³-hybridized carbons (Fsp3) is 0.520. The van der Waals surface area contributed by atoms with Crippen molar-refractivity contribution < 1.29 is 27.4 Å². The molecule has 1 amide bonds. The topological polar surface area (TPSA) is 63.7 Å². The third-order valence-electron chi connectivity index (χ3n) is 5.57. The van der Waals surface area contributed by atoms with Crippen LogP contribution in [0.4, 0.5) is 23.7 Å². The first-order valence-corrected chi connectivity index (χ1v) is 12.1. The van der Waals surface area contributed by atoms with Crippen molar-refractivity contribution in [2.45, 2.75) is 77.0 Å². The minimum absolute atomic E-state index is 0.115. The molecule has 0 bridgehead atoms. The van der Waals surface area contributed by atoms with Crippen LogP contribution in [0.5, 0.6) is 0 Å². The van der Waals surface area contributed by atoms with Crippen LogP contribution in [0.15, 0.2) is 47.1 Å². The zero-order valence-electron chi connectivity index (χ0n) is 20.4. The minimum Gasteiger partial charge on any atom is -0.444 e. The number of halogens is 4. The second kappa shape index (κ2) is 10.3. The van der Waals surface area contributed by atoms with E-state index in [0.717, 1.165) is 5.56 Å². The van der Waals surface area contributed by atoms with Crippen LogP contribution < -0.4 is 5.32 Å². The Balaban J connectivity index is 1.65. The molecule has 1 aromatic heterocycles. The van der Waals surface area contributed by atoms with Gasteiger partial charge < -0.3 is 14.8 Å². The fourth-order valence-electron chi connectivity index (χ4n) is 3.93. The van der Waals surface area contributed by atoms with Gasteiger partial charge in [-0.1, -0.05) is 12.1 Å². The van der Waals surface area contributed by atoms with Crippen LogP contribution in [0.25, 0.3) is 0 Å². The molecule has 1 fully saturated rings. The summed E-state index contributed by atoms with van der Waals surface area (Å²) in [5.41, 5.74) is -0.246. The minimum atomic E-state index is -4.51. The van der Waals surface area contributed by atoms with Gasteiger partial charge in [0.05, 0.1) is 18.3 Å². The highest BCUT2D eigenvalue weighted by Crippen LogP contribution is 2.35. The SMILES string of the molecule is CC(C)(C)OC(=O)N1[C@@H](CCc2ccc(NC(c3ccc(Br)cn3)C(F)(F)F)cc2)COC1(C)C. The number of nitrogens with one attached hydrogen (secondary N) is 1. The van der Waals surface area contributed by atoms with E-state index >= 15 is 0 Å². The number of amides is 1. The summed E-state index contributed by atoms with van der Waals surface area (Å²) < 4.78 is 53.0. The number of carbonyl (C=O) groups is 1. The number of aryl methyl sites for hydroxylation is 1. The molecule has 0 spiro atoms. The van der Waals surface area contributed by atoms with Gasteiger partial charge in [0.25, 0.3) is 0 Å². The van der Waals surface area contributed by atoms with Gasteiger partial charge in [-0.3, -0.25) is 9.88 Å². The van der Waals surface area contributed by atoms with Gasteiger partial charge in [0.1, 0.15) is 11.3 Å². The summed E-state index contributed by atoms with van der Waals surface area (Å²) in [7, 11) is 0. The largest absolute Gasteiger partial charge is 0.444 e. The van der Waals surface area contributed by atoms with Gasteiger partial charge in [-0.15, -0.1) is 0 Å². The Morgan fingerprint density at radius 1 is 1.23 bits per heavy atom. The van der Waals surface area contributed by atoms with Crippen LogP contribution in [-0.4, -0.2) is 46.1 Å². The number of benzene rings is 1. The number of aromatic nitrogens is 1. The lowest BCUT2D eigenvalue weighted by molar-refractivity contribution is -0.144. The molecule has 35 heavy (non-hydrogen) atoms. The lowest BCUT2D eigenvalue weighted by atomic mass is 10.0. The van der Waals surface area contributed by atoms with Crippen LogP contribution in [0.1, 0.15) is 58.3 Å². The first-order valence-electron chi connectivity index (χ1n) is 11.4. The Labute approximate surface area is 212 Å². The molecule has 2 heterocycles. The Bertz CT molecular complexity index is 1010. The second-order valence-electron chi connectivity index (χ2n) is 10.0. The summed E-state index contributed by atoms with van der Waals surface area (Å²) >= 11 is 3.19. The zero-order valence-corrected chi connectivity index (χ0v) is 22.0. The third kappa shape index (κ3) is 7.33. The maximum atomic E-state index is 13.7. The summed E-state index contributed by atoms with van der Waals surface area (Å²) in [5, 5.41) is 2.54. The zero-order chi connectivity index (χ0) is 26.0. The molecule has 1 saturated heterocycles. The van der Waals surface area contributed by atoms with Crippen molar-refractivity contribution in [3.8, 4) is 0 Å². The molecule has 10 heteroatoms. The standard InChI is InChI=1S/C25H31BrF3N3O3/c1-23(2,3)35-22(33)32-19(15-34-24(32,4)5)12-8-16-6-10-18(11-7-16)31-21(25(27,28)29)20-13-9-17(26)14-30-20/h6-7,9-11,13-14,19,21,31H,8,12,15H2,1-5H3/t19-,21?/m0/s1. The van der Waals surface area contributed by atoms with Gasteiger partial charge in [0.15, 0.2) is 6.04 Å². The molecule has 1 aliphatic rings. The molecular formula is C25H31BrF3N3O3. The summed E-state index contributed by atoms with van der Waals surface area (Å²) in [6.45, 7) is 9.49. The van der Waals surface area contributed by atoms with Gasteiger partial charge in [-0.05, 0) is 93.2 Å². The Hall–Kier alpha value is -2.33. The van der Waals surface area contributed by atoms with E-state index in [0.29, 0.717) is 29.6 Å². The average molecular weight is 558 g/mol. The summed E-state index contributed by atoms with van der Waals surface area (Å²) in [6, 6.07) is 7.57. The highest BCUT2D eigenvalue weighted by Gasteiger charge is 2.45. The summed E-state index contributed by atoms with van der Waals surface area (Å²) in [6.07, 6.45) is -2.35. The molecule has 0 aliphatic carbocycles. The summed E-state index contributed by atoms with van der Waals surface area (Å²) in [5.74, 6) is 0. The van der Waals surface area contributed by atoms with Crippen LogP contribution in [0.2, 0.25) is 0 Å². The van der Waals surface area contributed by atoms with E-state index in [1.807, 2.05) is 34.6 Å². The lowest BCUT2D eigenvalue weighted by Gasteiger charge is -2.35. The van der Waals surface area contributed by atoms with E-state index in [-0.39, 0.29) is 11.7 Å². The van der Waals surface area contributed by atoms with Crippen molar-refractivity contribution >= 4 is 27.7 Å². The number of hydrogen-bond acceptors (Lipinski definition) is 5. The number of hydrogen-bond donors (Lipinski definition) is 1. The van der Waals surface area contributed by atoms with Crippen molar-refractivity contribution in [3.63, 3.8) is 0 Å². The van der Waals surface area contributed by atoms with Crippen molar-refractivity contribution in [3.05, 3.63) is 58.3 Å².